The largest absolute Gasteiger partial charge is 0.320 e. The summed E-state index contributed by atoms with van der Waals surface area (Å²) in [5.74, 6) is 2.04. The summed E-state index contributed by atoms with van der Waals surface area (Å²) in [6.07, 6.45) is 10.2. The van der Waals surface area contributed by atoms with Crippen LogP contribution in [0, 0.1) is 11.8 Å². The number of nitrogens with zero attached hydrogens (tertiary/aromatic N) is 1. The Bertz CT molecular complexity index is 160. The Morgan fingerprint density at radius 2 is 1.56 bits per heavy atom. The van der Waals surface area contributed by atoms with Crippen LogP contribution in [0.4, 0.5) is 0 Å². The van der Waals surface area contributed by atoms with Gasteiger partial charge < -0.3 is 10.2 Å². The van der Waals surface area contributed by atoms with Crippen molar-refractivity contribution in [2.75, 3.05) is 34.2 Å². The Hall–Kier alpha value is -0.0800. The molecule has 0 aromatic carbocycles. The second kappa shape index (κ2) is 8.08. The van der Waals surface area contributed by atoms with Crippen molar-refractivity contribution in [3.63, 3.8) is 0 Å². The van der Waals surface area contributed by atoms with Crippen LogP contribution in [0.15, 0.2) is 0 Å². The number of nitrogens with one attached hydrogen (secondary N) is 1. The van der Waals surface area contributed by atoms with Gasteiger partial charge in [-0.25, -0.2) is 0 Å². The molecule has 1 aliphatic carbocycles. The average Bonchev–Trinajstić information content (AvgIpc) is 2.27. The molecule has 0 aromatic rings. The summed E-state index contributed by atoms with van der Waals surface area (Å²) in [7, 11) is 6.41. The summed E-state index contributed by atoms with van der Waals surface area (Å²) in [6.45, 7) is 2.47. The van der Waals surface area contributed by atoms with Crippen LogP contribution in [0.3, 0.4) is 0 Å². The molecule has 16 heavy (non-hydrogen) atoms. The van der Waals surface area contributed by atoms with Crippen LogP contribution in [-0.2, 0) is 0 Å². The lowest BCUT2D eigenvalue weighted by Crippen LogP contribution is -2.20. The van der Waals surface area contributed by atoms with Crippen molar-refractivity contribution in [3.8, 4) is 0 Å². The van der Waals surface area contributed by atoms with E-state index in [-0.39, 0.29) is 0 Å². The van der Waals surface area contributed by atoms with Gasteiger partial charge in [-0.15, -0.1) is 0 Å². The van der Waals surface area contributed by atoms with Gasteiger partial charge >= 0.3 is 0 Å². The zero-order chi connectivity index (χ0) is 11.8. The Kier molecular flexibility index (Phi) is 7.06. The standard InChI is InChI=1S/C14H30N2/c1-15-11-10-14-8-6-13(7-9-14)5-4-12-16(2)3/h13-15H,4-12H2,1-3H3. The summed E-state index contributed by atoms with van der Waals surface area (Å²) < 4.78 is 0. The summed E-state index contributed by atoms with van der Waals surface area (Å²) in [6, 6.07) is 0. The highest BCUT2D eigenvalue weighted by Crippen LogP contribution is 2.32. The van der Waals surface area contributed by atoms with E-state index < -0.39 is 0 Å². The van der Waals surface area contributed by atoms with E-state index in [4.69, 9.17) is 0 Å². The molecule has 0 radical (unpaired) electrons. The van der Waals surface area contributed by atoms with Crippen molar-refractivity contribution in [2.45, 2.75) is 44.9 Å². The fourth-order valence-electron chi connectivity index (χ4n) is 2.85. The molecule has 0 aromatic heterocycles. The van der Waals surface area contributed by atoms with E-state index in [9.17, 15) is 0 Å². The van der Waals surface area contributed by atoms with Crippen LogP contribution in [0.25, 0.3) is 0 Å². The van der Waals surface area contributed by atoms with Gasteiger partial charge in [-0.05, 0) is 65.3 Å². The van der Waals surface area contributed by atoms with E-state index in [0.717, 1.165) is 11.8 Å². The van der Waals surface area contributed by atoms with Crippen LogP contribution in [0.5, 0.6) is 0 Å². The molecule has 2 nitrogen and oxygen atoms in total. The third-order valence-electron chi connectivity index (χ3n) is 3.99. The molecule has 1 rings (SSSR count). The smallest absolute Gasteiger partial charge is 0.00247 e. The van der Waals surface area contributed by atoms with Gasteiger partial charge in [0.15, 0.2) is 0 Å². The molecule has 1 fully saturated rings. The topological polar surface area (TPSA) is 15.3 Å². The number of rotatable bonds is 7. The van der Waals surface area contributed by atoms with Gasteiger partial charge in [0.05, 0.1) is 0 Å². The molecule has 1 N–H and O–H groups in total. The fraction of sp³-hybridized carbons (Fsp3) is 1.00. The lowest BCUT2D eigenvalue weighted by Gasteiger charge is -2.28. The second-order valence-electron chi connectivity index (χ2n) is 5.72. The fourth-order valence-corrected chi connectivity index (χ4v) is 2.85. The molecule has 0 saturated heterocycles. The van der Waals surface area contributed by atoms with Gasteiger partial charge in [0.2, 0.25) is 0 Å². The number of hydrogen-bond acceptors (Lipinski definition) is 2. The molecule has 96 valence electrons. The summed E-state index contributed by atoms with van der Waals surface area (Å²) in [5.41, 5.74) is 0. The molecule has 1 saturated carbocycles. The van der Waals surface area contributed by atoms with Crippen molar-refractivity contribution in [1.29, 1.82) is 0 Å². The third-order valence-corrected chi connectivity index (χ3v) is 3.99. The maximum atomic E-state index is 3.27. The van der Waals surface area contributed by atoms with Gasteiger partial charge in [-0.1, -0.05) is 25.7 Å². The zero-order valence-electron chi connectivity index (χ0n) is 11.5. The van der Waals surface area contributed by atoms with Crippen molar-refractivity contribution in [3.05, 3.63) is 0 Å². The van der Waals surface area contributed by atoms with E-state index in [0.29, 0.717) is 0 Å². The Morgan fingerprint density at radius 3 is 2.06 bits per heavy atom. The molecule has 1 aliphatic rings. The summed E-state index contributed by atoms with van der Waals surface area (Å²) in [5, 5.41) is 3.27. The minimum absolute atomic E-state index is 1.01. The van der Waals surface area contributed by atoms with Crippen LogP contribution in [0.2, 0.25) is 0 Å². The molecule has 0 amide bonds. The Morgan fingerprint density at radius 1 is 1.00 bits per heavy atom. The Balaban J connectivity index is 2.03. The van der Waals surface area contributed by atoms with Crippen molar-refractivity contribution in [2.24, 2.45) is 11.8 Å². The molecule has 0 heterocycles. The zero-order valence-corrected chi connectivity index (χ0v) is 11.5. The van der Waals surface area contributed by atoms with Gasteiger partial charge in [-0.2, -0.15) is 0 Å². The van der Waals surface area contributed by atoms with Gasteiger partial charge in [0.25, 0.3) is 0 Å². The average molecular weight is 226 g/mol. The first-order valence-corrected chi connectivity index (χ1v) is 7.01. The van der Waals surface area contributed by atoms with E-state index in [1.54, 1.807) is 0 Å². The van der Waals surface area contributed by atoms with E-state index in [2.05, 4.69) is 31.4 Å². The molecule has 2 heteroatoms. The molecule has 0 bridgehead atoms. The monoisotopic (exact) mass is 226 g/mol. The minimum Gasteiger partial charge on any atom is -0.320 e. The van der Waals surface area contributed by atoms with Crippen LogP contribution < -0.4 is 5.32 Å². The number of hydrogen-bond donors (Lipinski definition) is 1. The van der Waals surface area contributed by atoms with Crippen LogP contribution in [-0.4, -0.2) is 39.1 Å². The maximum Gasteiger partial charge on any atom is -0.00247 e. The lowest BCUT2D eigenvalue weighted by molar-refractivity contribution is 0.242. The van der Waals surface area contributed by atoms with Crippen LogP contribution in [0.1, 0.15) is 44.9 Å². The molecule has 0 aliphatic heterocycles. The normalized spacial score (nSPS) is 26.2. The highest BCUT2D eigenvalue weighted by Gasteiger charge is 2.20. The Labute approximate surface area is 102 Å². The van der Waals surface area contributed by atoms with Crippen molar-refractivity contribution >= 4 is 0 Å². The predicted octanol–water partition coefficient (Wildman–Crippen LogP) is 2.74. The van der Waals surface area contributed by atoms with Crippen molar-refractivity contribution in [1.82, 2.24) is 10.2 Å². The first-order valence-electron chi connectivity index (χ1n) is 7.01. The molecular weight excluding hydrogens is 196 g/mol. The SMILES string of the molecule is CNCCC1CCC(CCCN(C)C)CC1. The van der Waals surface area contributed by atoms with Gasteiger partial charge in [0.1, 0.15) is 0 Å². The van der Waals surface area contributed by atoms with E-state index >= 15 is 0 Å². The molecule has 0 unspecified atom stereocenters. The predicted molar refractivity (Wildman–Crippen MR) is 71.8 cm³/mol. The van der Waals surface area contributed by atoms with Crippen molar-refractivity contribution < 1.29 is 0 Å². The van der Waals surface area contributed by atoms with E-state index in [1.807, 2.05) is 0 Å². The van der Waals surface area contributed by atoms with Gasteiger partial charge in [0, 0.05) is 0 Å². The quantitative estimate of drug-likeness (QED) is 0.718. The molecular formula is C14H30N2. The first kappa shape index (κ1) is 14.0. The summed E-state index contributed by atoms with van der Waals surface area (Å²) >= 11 is 0. The lowest BCUT2D eigenvalue weighted by atomic mass is 9.79. The summed E-state index contributed by atoms with van der Waals surface area (Å²) in [4.78, 5) is 2.30. The van der Waals surface area contributed by atoms with E-state index in [1.165, 1.54) is 58.0 Å². The maximum absolute atomic E-state index is 3.27. The highest BCUT2D eigenvalue weighted by molar-refractivity contribution is 4.73. The van der Waals surface area contributed by atoms with Gasteiger partial charge in [-0.3, -0.25) is 0 Å². The highest BCUT2D eigenvalue weighted by atomic mass is 15.0. The molecule has 0 spiro atoms. The second-order valence-corrected chi connectivity index (χ2v) is 5.72. The minimum atomic E-state index is 1.01. The first-order chi connectivity index (χ1) is 7.72. The molecule has 0 atom stereocenters. The third kappa shape index (κ3) is 5.86. The van der Waals surface area contributed by atoms with Crippen LogP contribution >= 0.6 is 0 Å².